The molecule has 0 fully saturated rings. The van der Waals surface area contributed by atoms with Gasteiger partial charge in [0, 0.05) is 13.0 Å². The third-order valence-corrected chi connectivity index (χ3v) is 0.896. The maximum Gasteiger partial charge on any atom is 0.329 e. The molecule has 1 unspecified atom stereocenters. The normalized spacial score (nSPS) is 11.7. The number of hydrogen-bond donors (Lipinski definition) is 2. The number of carboxylic acid groups (broad SMARTS) is 1. The van der Waals surface area contributed by atoms with Crippen LogP contribution in [0.2, 0.25) is 0 Å². The van der Waals surface area contributed by atoms with Crippen LogP contribution in [0, 0.1) is 0 Å². The van der Waals surface area contributed by atoms with Gasteiger partial charge in [0.05, 0.1) is 0 Å². The molecule has 0 amide bonds. The Balaban J connectivity index is 3.97. The number of rotatable bonds is 4. The molecule has 0 aromatic heterocycles. The van der Waals surface area contributed by atoms with Crippen molar-refractivity contribution in [2.24, 2.45) is 4.99 Å². The van der Waals surface area contributed by atoms with Crippen LogP contribution in [0.15, 0.2) is 4.99 Å². The predicted molar refractivity (Wildman–Crippen MR) is 31.2 cm³/mol. The fraction of sp³-hybridized carbons (Fsp3) is 0.600. The molecule has 5 heteroatoms. The molecule has 0 radical (unpaired) electrons. The molecule has 0 bridgehead atoms. The summed E-state index contributed by atoms with van der Waals surface area (Å²) in [5, 5.41) is 16.5. The van der Waals surface area contributed by atoms with E-state index in [1.807, 2.05) is 0 Å². The highest BCUT2D eigenvalue weighted by Crippen LogP contribution is 1.95. The highest BCUT2D eigenvalue weighted by molar-refractivity contribution is 5.74. The first kappa shape index (κ1) is 8.81. The fourth-order valence-electron chi connectivity index (χ4n) is 0.429. The predicted octanol–water partition coefficient (Wildman–Crippen LogP) is -0.842. The molecule has 5 nitrogen and oxygen atoms in total. The molecule has 0 aromatic carbocycles. The molecule has 0 spiro atoms. The van der Waals surface area contributed by atoms with Gasteiger partial charge in [0.25, 0.3) is 0 Å². The van der Waals surface area contributed by atoms with E-state index in [0.29, 0.717) is 0 Å². The van der Waals surface area contributed by atoms with Crippen molar-refractivity contribution in [2.45, 2.75) is 12.5 Å². The molecular weight excluding hydrogens is 138 g/mol. The van der Waals surface area contributed by atoms with E-state index in [9.17, 15) is 9.59 Å². The van der Waals surface area contributed by atoms with Crippen LogP contribution in [0.3, 0.4) is 0 Å². The number of isocyanates is 1. The standard InChI is InChI=1S/C5H7NO4/c7-2-1-4(5(9)10)6-3-8/h4,7H,1-2H2,(H,9,10). The van der Waals surface area contributed by atoms with E-state index < -0.39 is 12.0 Å². The molecule has 2 N–H and O–H groups in total. The van der Waals surface area contributed by atoms with Gasteiger partial charge in [-0.2, -0.15) is 4.99 Å². The summed E-state index contributed by atoms with van der Waals surface area (Å²) in [4.78, 5) is 22.6. The van der Waals surface area contributed by atoms with Crippen LogP contribution in [-0.4, -0.2) is 34.9 Å². The summed E-state index contributed by atoms with van der Waals surface area (Å²) in [7, 11) is 0. The van der Waals surface area contributed by atoms with Gasteiger partial charge >= 0.3 is 5.97 Å². The van der Waals surface area contributed by atoms with Crippen LogP contribution in [-0.2, 0) is 9.59 Å². The van der Waals surface area contributed by atoms with E-state index in [0.717, 1.165) is 6.08 Å². The van der Waals surface area contributed by atoms with Crippen LogP contribution in [0.1, 0.15) is 6.42 Å². The number of hydrogen-bond acceptors (Lipinski definition) is 4. The van der Waals surface area contributed by atoms with Gasteiger partial charge in [0.2, 0.25) is 6.08 Å². The Morgan fingerprint density at radius 1 is 1.70 bits per heavy atom. The molecule has 1 atom stereocenters. The Morgan fingerprint density at radius 3 is 2.60 bits per heavy atom. The van der Waals surface area contributed by atoms with Gasteiger partial charge in [-0.1, -0.05) is 0 Å². The highest BCUT2D eigenvalue weighted by Gasteiger charge is 2.14. The van der Waals surface area contributed by atoms with Crippen LogP contribution in [0.25, 0.3) is 0 Å². The molecular formula is C5H7NO4. The Labute approximate surface area is 57.0 Å². The van der Waals surface area contributed by atoms with Crippen LogP contribution in [0.5, 0.6) is 0 Å². The second-order valence-corrected chi connectivity index (χ2v) is 1.59. The molecule has 0 aliphatic rings. The van der Waals surface area contributed by atoms with Gasteiger partial charge in [-0.25, -0.2) is 9.59 Å². The van der Waals surface area contributed by atoms with E-state index in [-0.39, 0.29) is 13.0 Å². The van der Waals surface area contributed by atoms with Crippen molar-refractivity contribution >= 4 is 12.0 Å². The monoisotopic (exact) mass is 145 g/mol. The number of aliphatic carboxylic acids is 1. The smallest absolute Gasteiger partial charge is 0.329 e. The number of carbonyl (C=O) groups is 1. The number of carboxylic acids is 1. The summed E-state index contributed by atoms with van der Waals surface area (Å²) in [6.07, 6.45) is 1.07. The Morgan fingerprint density at radius 2 is 2.30 bits per heavy atom. The zero-order chi connectivity index (χ0) is 7.98. The lowest BCUT2D eigenvalue weighted by Gasteiger charge is -1.99. The lowest BCUT2D eigenvalue weighted by molar-refractivity contribution is -0.138. The third kappa shape index (κ3) is 2.96. The first-order valence-corrected chi connectivity index (χ1v) is 2.63. The summed E-state index contributed by atoms with van der Waals surface area (Å²) in [6.45, 7) is -0.303. The molecule has 0 saturated heterocycles. The summed E-state index contributed by atoms with van der Waals surface area (Å²) in [6, 6.07) is -1.15. The van der Waals surface area contributed by atoms with Crippen molar-refractivity contribution in [1.29, 1.82) is 0 Å². The molecule has 0 aromatic rings. The van der Waals surface area contributed by atoms with Crippen LogP contribution in [0.4, 0.5) is 0 Å². The summed E-state index contributed by atoms with van der Waals surface area (Å²) in [5.74, 6) is -1.22. The average Bonchev–Trinajstić information content (AvgIpc) is 1.87. The molecule has 0 heterocycles. The molecule has 10 heavy (non-hydrogen) atoms. The Bertz CT molecular complexity index is 159. The molecule has 0 aliphatic carbocycles. The summed E-state index contributed by atoms with van der Waals surface area (Å²) < 4.78 is 0. The lowest BCUT2D eigenvalue weighted by atomic mass is 10.2. The summed E-state index contributed by atoms with van der Waals surface area (Å²) in [5.41, 5.74) is 0. The van der Waals surface area contributed by atoms with Gasteiger partial charge in [-0.3, -0.25) is 0 Å². The van der Waals surface area contributed by atoms with Gasteiger partial charge in [0.15, 0.2) is 6.04 Å². The zero-order valence-corrected chi connectivity index (χ0v) is 5.15. The number of nitrogens with zero attached hydrogens (tertiary/aromatic N) is 1. The quantitative estimate of drug-likeness (QED) is 0.398. The number of aliphatic hydroxyl groups excluding tert-OH is 1. The van der Waals surface area contributed by atoms with Gasteiger partial charge in [-0.05, 0) is 0 Å². The van der Waals surface area contributed by atoms with Crippen molar-refractivity contribution in [3.8, 4) is 0 Å². The van der Waals surface area contributed by atoms with Crippen LogP contribution >= 0.6 is 0 Å². The summed E-state index contributed by atoms with van der Waals surface area (Å²) >= 11 is 0. The van der Waals surface area contributed by atoms with Gasteiger partial charge in [0.1, 0.15) is 0 Å². The SMILES string of the molecule is O=C=NC(CCO)C(=O)O. The second-order valence-electron chi connectivity index (χ2n) is 1.59. The average molecular weight is 145 g/mol. The Hall–Kier alpha value is -1.19. The molecule has 0 saturated carbocycles. The van der Waals surface area contributed by atoms with E-state index in [2.05, 4.69) is 4.99 Å². The number of aliphatic imine (C=N–C) groups is 1. The maximum atomic E-state index is 10.1. The van der Waals surface area contributed by atoms with Gasteiger partial charge in [-0.15, -0.1) is 0 Å². The van der Waals surface area contributed by atoms with E-state index in [4.69, 9.17) is 10.2 Å². The fourth-order valence-corrected chi connectivity index (χ4v) is 0.429. The number of aliphatic hydroxyl groups is 1. The highest BCUT2D eigenvalue weighted by atomic mass is 16.4. The molecule has 0 rings (SSSR count). The van der Waals surface area contributed by atoms with Crippen LogP contribution < -0.4 is 0 Å². The maximum absolute atomic E-state index is 10.1. The lowest BCUT2D eigenvalue weighted by Crippen LogP contribution is -2.18. The Kier molecular flexibility index (Phi) is 4.11. The first-order valence-electron chi connectivity index (χ1n) is 2.63. The molecule has 0 aliphatic heterocycles. The zero-order valence-electron chi connectivity index (χ0n) is 5.15. The minimum atomic E-state index is -1.22. The van der Waals surface area contributed by atoms with Crippen molar-refractivity contribution < 1.29 is 19.8 Å². The minimum absolute atomic E-state index is 0.0510. The van der Waals surface area contributed by atoms with E-state index >= 15 is 0 Å². The number of carbonyl (C=O) groups excluding carboxylic acids is 1. The largest absolute Gasteiger partial charge is 0.480 e. The van der Waals surface area contributed by atoms with Crippen molar-refractivity contribution in [2.75, 3.05) is 6.61 Å². The van der Waals surface area contributed by atoms with Gasteiger partial charge < -0.3 is 10.2 Å². The second kappa shape index (κ2) is 4.67. The van der Waals surface area contributed by atoms with Crippen molar-refractivity contribution in [3.05, 3.63) is 0 Å². The van der Waals surface area contributed by atoms with Crippen molar-refractivity contribution in [1.82, 2.24) is 0 Å². The minimum Gasteiger partial charge on any atom is -0.480 e. The van der Waals surface area contributed by atoms with E-state index in [1.54, 1.807) is 0 Å². The molecule has 56 valence electrons. The van der Waals surface area contributed by atoms with Crippen molar-refractivity contribution in [3.63, 3.8) is 0 Å². The third-order valence-electron chi connectivity index (χ3n) is 0.896. The first-order chi connectivity index (χ1) is 4.72. The van der Waals surface area contributed by atoms with E-state index in [1.165, 1.54) is 0 Å². The topological polar surface area (TPSA) is 87.0 Å².